The lowest BCUT2D eigenvalue weighted by Crippen LogP contribution is -2.34. The Morgan fingerprint density at radius 2 is 2.33 bits per heavy atom. The molecule has 3 aromatic rings. The van der Waals surface area contributed by atoms with Gasteiger partial charge in [0.25, 0.3) is 0 Å². The highest BCUT2D eigenvalue weighted by atomic mass is 16.5. The second kappa shape index (κ2) is 7.75. The smallest absolute Gasteiger partial charge is 0.230 e. The van der Waals surface area contributed by atoms with Crippen LogP contribution in [-0.2, 0) is 16.1 Å². The predicted molar refractivity (Wildman–Crippen MR) is 99.9 cm³/mol. The van der Waals surface area contributed by atoms with Crippen LogP contribution in [0.5, 0.6) is 0 Å². The number of anilines is 1. The summed E-state index contributed by atoms with van der Waals surface area (Å²) in [5.74, 6) is 1.14. The molecular weight excluding hydrogens is 344 g/mol. The summed E-state index contributed by atoms with van der Waals surface area (Å²) in [6.07, 6.45) is 8.02. The summed E-state index contributed by atoms with van der Waals surface area (Å²) in [7, 11) is 0. The molecule has 2 aromatic heterocycles. The molecule has 0 aliphatic carbocycles. The molecule has 0 spiro atoms. The third-order valence-corrected chi connectivity index (χ3v) is 4.85. The fraction of sp³-hybridized carbons (Fsp3) is 0.350. The van der Waals surface area contributed by atoms with Gasteiger partial charge in [0.1, 0.15) is 11.9 Å². The molecule has 0 bridgehead atoms. The molecule has 1 aromatic carbocycles. The van der Waals surface area contributed by atoms with Gasteiger partial charge in [-0.3, -0.25) is 4.79 Å². The molecule has 0 saturated carbocycles. The number of rotatable bonds is 5. The summed E-state index contributed by atoms with van der Waals surface area (Å²) in [6, 6.07) is 7.54. The minimum atomic E-state index is -0.328. The van der Waals surface area contributed by atoms with Gasteiger partial charge in [0.15, 0.2) is 12.2 Å². The Balaban J connectivity index is 1.54. The average Bonchev–Trinajstić information content (AvgIpc) is 3.40. The van der Waals surface area contributed by atoms with Gasteiger partial charge in [-0.25, -0.2) is 9.97 Å². The van der Waals surface area contributed by atoms with Gasteiger partial charge in [-0.15, -0.1) is 0 Å². The van der Waals surface area contributed by atoms with Crippen LogP contribution in [0.4, 0.5) is 5.69 Å². The molecule has 140 valence electrons. The number of nitrogens with zero attached hydrogens (tertiary/aromatic N) is 3. The van der Waals surface area contributed by atoms with E-state index < -0.39 is 0 Å². The van der Waals surface area contributed by atoms with Crippen molar-refractivity contribution < 1.29 is 13.9 Å². The van der Waals surface area contributed by atoms with Gasteiger partial charge < -0.3 is 19.0 Å². The summed E-state index contributed by atoms with van der Waals surface area (Å²) in [5, 5.41) is 3.03. The summed E-state index contributed by atoms with van der Waals surface area (Å²) >= 11 is 0. The van der Waals surface area contributed by atoms with Crippen LogP contribution in [-0.4, -0.2) is 27.0 Å². The van der Waals surface area contributed by atoms with Gasteiger partial charge in [-0.1, -0.05) is 12.1 Å². The second-order valence-electron chi connectivity index (χ2n) is 6.55. The quantitative estimate of drug-likeness (QED) is 0.745. The third-order valence-electron chi connectivity index (χ3n) is 4.85. The van der Waals surface area contributed by atoms with E-state index in [-0.39, 0.29) is 17.9 Å². The molecule has 1 aliphatic rings. The zero-order valence-electron chi connectivity index (χ0n) is 15.2. The van der Waals surface area contributed by atoms with Crippen LogP contribution in [0.3, 0.4) is 0 Å². The van der Waals surface area contributed by atoms with E-state index in [1.54, 1.807) is 12.4 Å². The summed E-state index contributed by atoms with van der Waals surface area (Å²) in [5.41, 5.74) is 1.58. The Morgan fingerprint density at radius 3 is 3.15 bits per heavy atom. The molecular formula is C20H22N4O3. The molecule has 1 aliphatic heterocycles. The number of nitrogens with one attached hydrogen (secondary N) is 1. The SMILES string of the molecule is CCn1ccnc1[C@@H]1OCCC[C@H]1C(=O)Nc1cccc(-c2cnco2)c1. The van der Waals surface area contributed by atoms with Gasteiger partial charge in [0.2, 0.25) is 5.91 Å². The lowest BCUT2D eigenvalue weighted by molar-refractivity contribution is -0.130. The van der Waals surface area contributed by atoms with Crippen LogP contribution in [0.25, 0.3) is 11.3 Å². The highest BCUT2D eigenvalue weighted by Gasteiger charge is 2.35. The molecule has 1 amide bonds. The van der Waals surface area contributed by atoms with Crippen LogP contribution < -0.4 is 5.32 Å². The Bertz CT molecular complexity index is 904. The van der Waals surface area contributed by atoms with Crippen molar-refractivity contribution in [3.8, 4) is 11.3 Å². The minimum absolute atomic E-state index is 0.0555. The van der Waals surface area contributed by atoms with E-state index in [2.05, 4.69) is 22.2 Å². The number of aromatic nitrogens is 3. The summed E-state index contributed by atoms with van der Waals surface area (Å²) in [4.78, 5) is 21.4. The summed E-state index contributed by atoms with van der Waals surface area (Å²) < 4.78 is 13.3. The fourth-order valence-electron chi connectivity index (χ4n) is 3.49. The highest BCUT2D eigenvalue weighted by Crippen LogP contribution is 2.34. The molecule has 7 heteroatoms. The maximum Gasteiger partial charge on any atom is 0.230 e. The molecule has 27 heavy (non-hydrogen) atoms. The van der Waals surface area contributed by atoms with Gasteiger partial charge in [-0.05, 0) is 31.9 Å². The maximum absolute atomic E-state index is 13.0. The Hall–Kier alpha value is -2.93. The monoisotopic (exact) mass is 366 g/mol. The standard InChI is InChI=1S/C20H22N4O3/c1-2-24-9-8-22-19(24)18-16(7-4-10-26-18)20(25)23-15-6-3-5-14(11-15)17-12-21-13-27-17/h3,5-6,8-9,11-13,16,18H,2,4,7,10H2,1H3,(H,23,25)/t16-,18-/m1/s1. The normalized spacial score (nSPS) is 19.7. The molecule has 0 radical (unpaired) electrons. The first-order valence-corrected chi connectivity index (χ1v) is 9.18. The van der Waals surface area contributed by atoms with Gasteiger partial charge in [0.05, 0.1) is 12.1 Å². The van der Waals surface area contributed by atoms with Gasteiger partial charge in [0, 0.05) is 36.8 Å². The lowest BCUT2D eigenvalue weighted by atomic mass is 9.92. The van der Waals surface area contributed by atoms with E-state index in [9.17, 15) is 4.79 Å². The first-order valence-electron chi connectivity index (χ1n) is 9.18. The lowest BCUT2D eigenvalue weighted by Gasteiger charge is -2.30. The van der Waals surface area contributed by atoms with Crippen LogP contribution in [0.15, 0.2) is 53.7 Å². The van der Waals surface area contributed by atoms with Gasteiger partial charge >= 0.3 is 0 Å². The molecule has 1 N–H and O–H groups in total. The number of imidazole rings is 1. The van der Waals surface area contributed by atoms with Crippen molar-refractivity contribution in [3.05, 3.63) is 55.1 Å². The average molecular weight is 366 g/mol. The van der Waals surface area contributed by atoms with Crippen LogP contribution >= 0.6 is 0 Å². The zero-order valence-corrected chi connectivity index (χ0v) is 15.2. The number of oxazole rings is 1. The Labute approximate surface area is 157 Å². The largest absolute Gasteiger partial charge is 0.444 e. The molecule has 1 saturated heterocycles. The van der Waals surface area contributed by atoms with Gasteiger partial charge in [-0.2, -0.15) is 0 Å². The zero-order chi connectivity index (χ0) is 18.6. The highest BCUT2D eigenvalue weighted by molar-refractivity contribution is 5.93. The number of benzene rings is 1. The van der Waals surface area contributed by atoms with Crippen molar-refractivity contribution in [2.45, 2.75) is 32.4 Å². The number of aryl methyl sites for hydroxylation is 1. The number of hydrogen-bond acceptors (Lipinski definition) is 5. The van der Waals surface area contributed by atoms with E-state index in [1.165, 1.54) is 6.39 Å². The van der Waals surface area contributed by atoms with Crippen molar-refractivity contribution in [2.24, 2.45) is 5.92 Å². The number of carbonyl (C=O) groups excluding carboxylic acids is 1. The van der Waals surface area contributed by atoms with Crippen LogP contribution in [0.2, 0.25) is 0 Å². The summed E-state index contributed by atoms with van der Waals surface area (Å²) in [6.45, 7) is 3.49. The number of carbonyl (C=O) groups is 1. The molecule has 1 fully saturated rings. The topological polar surface area (TPSA) is 82.2 Å². The fourth-order valence-corrected chi connectivity index (χ4v) is 3.49. The molecule has 3 heterocycles. The Kier molecular flexibility index (Phi) is 5.02. The third kappa shape index (κ3) is 3.64. The van der Waals surface area contributed by atoms with Crippen LogP contribution in [0, 0.1) is 5.92 Å². The second-order valence-corrected chi connectivity index (χ2v) is 6.55. The van der Waals surface area contributed by atoms with Crippen molar-refractivity contribution in [3.63, 3.8) is 0 Å². The van der Waals surface area contributed by atoms with E-state index in [0.29, 0.717) is 12.4 Å². The predicted octanol–water partition coefficient (Wildman–Crippen LogP) is 3.66. The molecule has 7 nitrogen and oxygen atoms in total. The van der Waals surface area contributed by atoms with Crippen molar-refractivity contribution in [1.82, 2.24) is 14.5 Å². The van der Waals surface area contributed by atoms with E-state index in [0.717, 1.165) is 36.5 Å². The van der Waals surface area contributed by atoms with Crippen molar-refractivity contribution in [1.29, 1.82) is 0 Å². The Morgan fingerprint density at radius 1 is 1.41 bits per heavy atom. The number of hydrogen-bond donors (Lipinski definition) is 1. The van der Waals surface area contributed by atoms with E-state index in [4.69, 9.17) is 9.15 Å². The molecule has 2 atom stereocenters. The van der Waals surface area contributed by atoms with E-state index in [1.807, 2.05) is 35.0 Å². The first-order chi connectivity index (χ1) is 13.3. The molecule has 4 rings (SSSR count). The van der Waals surface area contributed by atoms with Crippen molar-refractivity contribution >= 4 is 11.6 Å². The minimum Gasteiger partial charge on any atom is -0.444 e. The first kappa shape index (κ1) is 17.5. The van der Waals surface area contributed by atoms with Crippen molar-refractivity contribution in [2.75, 3.05) is 11.9 Å². The van der Waals surface area contributed by atoms with Crippen LogP contribution in [0.1, 0.15) is 31.7 Å². The number of ether oxygens (including phenoxy) is 1. The van der Waals surface area contributed by atoms with E-state index >= 15 is 0 Å². The molecule has 0 unspecified atom stereocenters. The number of amides is 1. The maximum atomic E-state index is 13.0.